The van der Waals surface area contributed by atoms with Gasteiger partial charge >= 0.3 is 0 Å². The highest BCUT2D eigenvalue weighted by atomic mass is 19.1. The maximum Gasteiger partial charge on any atom is 0.225 e. The monoisotopic (exact) mass is 353 g/mol. The summed E-state index contributed by atoms with van der Waals surface area (Å²) in [6, 6.07) is 11.2. The topological polar surface area (TPSA) is 62.7 Å². The van der Waals surface area contributed by atoms with Crippen molar-refractivity contribution in [1.29, 1.82) is 0 Å². The molecule has 0 saturated heterocycles. The number of nitrogens with zero attached hydrogens (tertiary/aromatic N) is 3. The van der Waals surface area contributed by atoms with Crippen molar-refractivity contribution in [3.05, 3.63) is 65.9 Å². The summed E-state index contributed by atoms with van der Waals surface area (Å²) in [5.41, 5.74) is 1.91. The van der Waals surface area contributed by atoms with Gasteiger partial charge in [-0.3, -0.25) is 4.98 Å². The molecule has 0 atom stereocenters. The standard InChI is InChI=1S/C19H17F2N5/c20-13-7-12(8-14(21)9-13)11-23-18-10-17(16-3-1-2-6-22-16)25-19(26-18)24-15-4-5-15/h1-3,6-10,15H,4-5,11H2,(H2,23,24,25,26). The summed E-state index contributed by atoms with van der Waals surface area (Å²) in [6.07, 6.45) is 3.90. The Morgan fingerprint density at radius 3 is 2.46 bits per heavy atom. The molecule has 0 spiro atoms. The van der Waals surface area contributed by atoms with Gasteiger partial charge in [0.2, 0.25) is 5.95 Å². The molecule has 0 aliphatic heterocycles. The Morgan fingerprint density at radius 2 is 1.77 bits per heavy atom. The Bertz CT molecular complexity index is 893. The Balaban J connectivity index is 1.59. The fourth-order valence-corrected chi connectivity index (χ4v) is 2.56. The zero-order valence-corrected chi connectivity index (χ0v) is 13.9. The maximum absolute atomic E-state index is 13.3. The summed E-state index contributed by atoms with van der Waals surface area (Å²) in [6.45, 7) is 0.246. The lowest BCUT2D eigenvalue weighted by Gasteiger charge is -2.11. The minimum atomic E-state index is -0.602. The minimum Gasteiger partial charge on any atom is -0.366 e. The number of hydrogen-bond acceptors (Lipinski definition) is 5. The molecule has 132 valence electrons. The fourth-order valence-electron chi connectivity index (χ4n) is 2.56. The van der Waals surface area contributed by atoms with E-state index in [1.165, 1.54) is 12.1 Å². The van der Waals surface area contributed by atoms with E-state index in [4.69, 9.17) is 0 Å². The van der Waals surface area contributed by atoms with Gasteiger partial charge < -0.3 is 10.6 Å². The third-order valence-corrected chi connectivity index (χ3v) is 3.96. The van der Waals surface area contributed by atoms with Crippen LogP contribution < -0.4 is 10.6 Å². The maximum atomic E-state index is 13.3. The third kappa shape index (κ3) is 4.11. The van der Waals surface area contributed by atoms with Crippen LogP contribution in [0.1, 0.15) is 18.4 Å². The van der Waals surface area contributed by atoms with Crippen LogP contribution in [0.25, 0.3) is 11.4 Å². The van der Waals surface area contributed by atoms with Gasteiger partial charge in [0.1, 0.15) is 17.5 Å². The number of rotatable bonds is 6. The van der Waals surface area contributed by atoms with E-state index in [0.29, 0.717) is 29.1 Å². The SMILES string of the molecule is Fc1cc(F)cc(CNc2cc(-c3ccccn3)nc(NC3CC3)n2)c1. The lowest BCUT2D eigenvalue weighted by Crippen LogP contribution is -2.09. The molecule has 1 saturated carbocycles. The smallest absolute Gasteiger partial charge is 0.225 e. The van der Waals surface area contributed by atoms with Crippen LogP contribution in [-0.4, -0.2) is 21.0 Å². The average Bonchev–Trinajstić information content (AvgIpc) is 3.44. The van der Waals surface area contributed by atoms with Crippen LogP contribution in [0.5, 0.6) is 0 Å². The van der Waals surface area contributed by atoms with Gasteiger partial charge in [-0.2, -0.15) is 4.98 Å². The van der Waals surface area contributed by atoms with E-state index < -0.39 is 11.6 Å². The first-order valence-electron chi connectivity index (χ1n) is 8.41. The highest BCUT2D eigenvalue weighted by Crippen LogP contribution is 2.26. The van der Waals surface area contributed by atoms with Gasteiger partial charge in [-0.1, -0.05) is 6.07 Å². The molecule has 1 aliphatic carbocycles. The van der Waals surface area contributed by atoms with Crippen molar-refractivity contribution in [1.82, 2.24) is 15.0 Å². The molecule has 3 aromatic rings. The van der Waals surface area contributed by atoms with Gasteiger partial charge in [0.25, 0.3) is 0 Å². The van der Waals surface area contributed by atoms with Gasteiger partial charge in [-0.15, -0.1) is 0 Å². The van der Waals surface area contributed by atoms with Crippen LogP contribution in [0.4, 0.5) is 20.5 Å². The zero-order chi connectivity index (χ0) is 17.9. The Kier molecular flexibility index (Phi) is 4.43. The molecule has 2 N–H and O–H groups in total. The van der Waals surface area contributed by atoms with E-state index in [-0.39, 0.29) is 6.54 Å². The quantitative estimate of drug-likeness (QED) is 0.701. The molecule has 7 heteroatoms. The molecule has 0 amide bonds. The van der Waals surface area contributed by atoms with E-state index in [0.717, 1.165) is 24.6 Å². The van der Waals surface area contributed by atoms with Crippen LogP contribution in [0.15, 0.2) is 48.7 Å². The zero-order valence-electron chi connectivity index (χ0n) is 13.9. The van der Waals surface area contributed by atoms with Crippen LogP contribution >= 0.6 is 0 Å². The van der Waals surface area contributed by atoms with Gasteiger partial charge in [0.15, 0.2) is 0 Å². The molecular weight excluding hydrogens is 336 g/mol. The number of aromatic nitrogens is 3. The lowest BCUT2D eigenvalue weighted by atomic mass is 10.2. The molecule has 1 aromatic carbocycles. The first-order chi connectivity index (χ1) is 12.7. The highest BCUT2D eigenvalue weighted by Gasteiger charge is 2.22. The third-order valence-electron chi connectivity index (χ3n) is 3.96. The second-order valence-electron chi connectivity index (χ2n) is 6.23. The number of pyridine rings is 1. The predicted molar refractivity (Wildman–Crippen MR) is 95.6 cm³/mol. The molecule has 2 aromatic heterocycles. The average molecular weight is 353 g/mol. The first-order valence-corrected chi connectivity index (χ1v) is 8.41. The number of halogens is 2. The number of hydrogen-bond donors (Lipinski definition) is 2. The molecule has 0 unspecified atom stereocenters. The van der Waals surface area contributed by atoms with E-state index in [9.17, 15) is 8.78 Å². The Morgan fingerprint density at radius 1 is 0.962 bits per heavy atom. The molecule has 0 bridgehead atoms. The van der Waals surface area contributed by atoms with Crippen molar-refractivity contribution >= 4 is 11.8 Å². The molecule has 4 rings (SSSR count). The number of nitrogens with one attached hydrogen (secondary N) is 2. The molecular formula is C19H17F2N5. The summed E-state index contributed by atoms with van der Waals surface area (Å²) in [5, 5.41) is 6.38. The summed E-state index contributed by atoms with van der Waals surface area (Å²) >= 11 is 0. The molecule has 0 radical (unpaired) electrons. The molecule has 1 fully saturated rings. The van der Waals surface area contributed by atoms with Crippen LogP contribution in [-0.2, 0) is 6.54 Å². The molecule has 2 heterocycles. The second-order valence-corrected chi connectivity index (χ2v) is 6.23. The van der Waals surface area contributed by atoms with Crippen molar-refractivity contribution in [2.24, 2.45) is 0 Å². The van der Waals surface area contributed by atoms with Crippen LogP contribution in [0.2, 0.25) is 0 Å². The first kappa shape index (κ1) is 16.4. The summed E-state index contributed by atoms with van der Waals surface area (Å²) in [4.78, 5) is 13.3. The molecule has 1 aliphatic rings. The van der Waals surface area contributed by atoms with Crippen molar-refractivity contribution < 1.29 is 8.78 Å². The number of benzene rings is 1. The van der Waals surface area contributed by atoms with Gasteiger partial charge in [0, 0.05) is 30.9 Å². The van der Waals surface area contributed by atoms with Crippen LogP contribution in [0.3, 0.4) is 0 Å². The van der Waals surface area contributed by atoms with Crippen molar-refractivity contribution in [3.8, 4) is 11.4 Å². The minimum absolute atomic E-state index is 0.246. The largest absolute Gasteiger partial charge is 0.366 e. The van der Waals surface area contributed by atoms with E-state index >= 15 is 0 Å². The van der Waals surface area contributed by atoms with Gasteiger partial charge in [-0.25, -0.2) is 13.8 Å². The van der Waals surface area contributed by atoms with E-state index in [2.05, 4.69) is 25.6 Å². The predicted octanol–water partition coefficient (Wildman–Crippen LogP) is 4.00. The van der Waals surface area contributed by atoms with E-state index in [1.54, 1.807) is 12.3 Å². The van der Waals surface area contributed by atoms with E-state index in [1.807, 2.05) is 18.2 Å². The van der Waals surface area contributed by atoms with Crippen molar-refractivity contribution in [3.63, 3.8) is 0 Å². The summed E-state index contributed by atoms with van der Waals surface area (Å²) < 4.78 is 26.7. The van der Waals surface area contributed by atoms with Crippen LogP contribution in [0, 0.1) is 11.6 Å². The Hall–Kier alpha value is -3.09. The van der Waals surface area contributed by atoms with Crippen molar-refractivity contribution in [2.45, 2.75) is 25.4 Å². The second kappa shape index (κ2) is 7.03. The fraction of sp³-hybridized carbons (Fsp3) is 0.211. The highest BCUT2D eigenvalue weighted by molar-refractivity contribution is 5.61. The van der Waals surface area contributed by atoms with Crippen molar-refractivity contribution in [2.75, 3.05) is 10.6 Å². The number of anilines is 2. The van der Waals surface area contributed by atoms with Gasteiger partial charge in [-0.05, 0) is 42.7 Å². The molecule has 5 nitrogen and oxygen atoms in total. The lowest BCUT2D eigenvalue weighted by molar-refractivity contribution is 0.580. The molecule has 26 heavy (non-hydrogen) atoms. The summed E-state index contributed by atoms with van der Waals surface area (Å²) in [7, 11) is 0. The Labute approximate surface area is 149 Å². The van der Waals surface area contributed by atoms with Gasteiger partial charge in [0.05, 0.1) is 11.4 Å². The summed E-state index contributed by atoms with van der Waals surface area (Å²) in [5.74, 6) is -0.124. The normalized spacial score (nSPS) is 13.5.